The molecule has 1 aliphatic carbocycles. The maximum absolute atomic E-state index is 12.6. The summed E-state index contributed by atoms with van der Waals surface area (Å²) in [4.78, 5) is 12.6. The van der Waals surface area contributed by atoms with Crippen LogP contribution >= 0.6 is 0 Å². The highest BCUT2D eigenvalue weighted by atomic mass is 16.2. The van der Waals surface area contributed by atoms with Gasteiger partial charge in [0.15, 0.2) is 0 Å². The summed E-state index contributed by atoms with van der Waals surface area (Å²) < 4.78 is 0. The number of rotatable bonds is 5. The molecule has 1 heterocycles. The molecule has 1 aliphatic heterocycles. The zero-order valence-electron chi connectivity index (χ0n) is 12.0. The maximum atomic E-state index is 12.6. The lowest BCUT2D eigenvalue weighted by Gasteiger charge is -2.41. The Kier molecular flexibility index (Phi) is 4.31. The molecule has 3 heteroatoms. The molecule has 0 unspecified atom stereocenters. The zero-order valence-corrected chi connectivity index (χ0v) is 12.0. The van der Waals surface area contributed by atoms with Gasteiger partial charge in [-0.1, -0.05) is 26.7 Å². The summed E-state index contributed by atoms with van der Waals surface area (Å²) in [6.07, 6.45) is 8.02. The molecule has 0 aromatic carbocycles. The molecule has 1 saturated heterocycles. The summed E-state index contributed by atoms with van der Waals surface area (Å²) in [5.74, 6) is 0.318. The highest BCUT2D eigenvalue weighted by molar-refractivity contribution is 5.82. The number of amides is 1. The summed E-state index contributed by atoms with van der Waals surface area (Å²) in [6.45, 7) is 7.34. The van der Waals surface area contributed by atoms with E-state index < -0.39 is 0 Å². The van der Waals surface area contributed by atoms with Crippen LogP contribution in [-0.2, 0) is 4.79 Å². The smallest absolute Gasteiger partial charge is 0.226 e. The molecule has 0 bridgehead atoms. The van der Waals surface area contributed by atoms with Gasteiger partial charge in [-0.15, -0.1) is 0 Å². The van der Waals surface area contributed by atoms with E-state index in [1.807, 2.05) is 0 Å². The first-order chi connectivity index (χ1) is 8.60. The van der Waals surface area contributed by atoms with Crippen molar-refractivity contribution in [3.8, 4) is 0 Å². The molecule has 1 saturated carbocycles. The molecule has 0 aromatic rings. The predicted octanol–water partition coefficient (Wildman–Crippen LogP) is 2.46. The second-order valence-corrected chi connectivity index (χ2v) is 6.63. The molecule has 1 amide bonds. The van der Waals surface area contributed by atoms with Crippen LogP contribution in [0.1, 0.15) is 58.8 Å². The number of nitrogens with one attached hydrogen (secondary N) is 2. The average molecular weight is 252 g/mol. The highest BCUT2D eigenvalue weighted by Crippen LogP contribution is 2.40. The van der Waals surface area contributed by atoms with Crippen LogP contribution in [0.15, 0.2) is 0 Å². The minimum atomic E-state index is -0.0832. The van der Waals surface area contributed by atoms with Crippen molar-refractivity contribution in [3.05, 3.63) is 0 Å². The third-order valence-electron chi connectivity index (χ3n) is 5.01. The number of piperidine rings is 1. The van der Waals surface area contributed by atoms with Gasteiger partial charge in [0, 0.05) is 6.54 Å². The first-order valence-electron chi connectivity index (χ1n) is 7.59. The van der Waals surface area contributed by atoms with Crippen molar-refractivity contribution in [1.29, 1.82) is 0 Å². The summed E-state index contributed by atoms with van der Waals surface area (Å²) in [5.41, 5.74) is 0.302. The van der Waals surface area contributed by atoms with Crippen molar-refractivity contribution in [2.45, 2.75) is 58.8 Å². The van der Waals surface area contributed by atoms with Gasteiger partial charge < -0.3 is 10.6 Å². The zero-order chi connectivity index (χ0) is 13.1. The molecule has 0 atom stereocenters. The summed E-state index contributed by atoms with van der Waals surface area (Å²) >= 11 is 0. The van der Waals surface area contributed by atoms with Gasteiger partial charge in [-0.05, 0) is 50.6 Å². The molecule has 3 nitrogen and oxygen atoms in total. The number of hydrogen-bond acceptors (Lipinski definition) is 2. The standard InChI is InChI=1S/C15H28N2O/c1-3-5-15(8-10-16-11-9-15)13(18)17-12-14(2)6-4-7-14/h16H,3-12H2,1-2H3,(H,17,18). The van der Waals surface area contributed by atoms with Crippen LogP contribution < -0.4 is 10.6 Å². The Bertz CT molecular complexity index is 285. The molecule has 0 radical (unpaired) electrons. The van der Waals surface area contributed by atoms with Crippen LogP contribution in [0.4, 0.5) is 0 Å². The quantitative estimate of drug-likeness (QED) is 0.789. The largest absolute Gasteiger partial charge is 0.355 e. The Balaban J connectivity index is 1.90. The van der Waals surface area contributed by atoms with Gasteiger partial charge in [0.05, 0.1) is 5.41 Å². The third kappa shape index (κ3) is 2.87. The van der Waals surface area contributed by atoms with Gasteiger partial charge in [0.2, 0.25) is 5.91 Å². The monoisotopic (exact) mass is 252 g/mol. The molecule has 104 valence electrons. The Hall–Kier alpha value is -0.570. The van der Waals surface area contributed by atoms with Gasteiger partial charge in [0.25, 0.3) is 0 Å². The molecular formula is C15H28N2O. The molecule has 2 N–H and O–H groups in total. The number of hydrogen-bond donors (Lipinski definition) is 2. The van der Waals surface area contributed by atoms with Crippen LogP contribution in [0.5, 0.6) is 0 Å². The fourth-order valence-corrected chi connectivity index (χ4v) is 3.41. The van der Waals surface area contributed by atoms with Crippen molar-refractivity contribution in [1.82, 2.24) is 10.6 Å². The highest BCUT2D eigenvalue weighted by Gasteiger charge is 2.40. The minimum Gasteiger partial charge on any atom is -0.355 e. The van der Waals surface area contributed by atoms with Crippen molar-refractivity contribution in [2.75, 3.05) is 19.6 Å². The predicted molar refractivity (Wildman–Crippen MR) is 74.4 cm³/mol. The lowest BCUT2D eigenvalue weighted by atomic mass is 9.70. The van der Waals surface area contributed by atoms with Crippen molar-refractivity contribution >= 4 is 5.91 Å². The van der Waals surface area contributed by atoms with Crippen LogP contribution in [0.25, 0.3) is 0 Å². The molecule has 0 aromatic heterocycles. The first kappa shape index (κ1) is 13.9. The third-order valence-corrected chi connectivity index (χ3v) is 5.01. The van der Waals surface area contributed by atoms with E-state index in [0.29, 0.717) is 11.3 Å². The van der Waals surface area contributed by atoms with Crippen molar-refractivity contribution in [2.24, 2.45) is 10.8 Å². The normalized spacial score (nSPS) is 25.2. The molecule has 2 fully saturated rings. The average Bonchev–Trinajstić information content (AvgIpc) is 2.35. The Morgan fingerprint density at radius 3 is 2.39 bits per heavy atom. The van der Waals surface area contributed by atoms with Gasteiger partial charge in [-0.2, -0.15) is 0 Å². The fraction of sp³-hybridized carbons (Fsp3) is 0.933. The minimum absolute atomic E-state index is 0.0832. The Morgan fingerprint density at radius 2 is 1.89 bits per heavy atom. The second kappa shape index (κ2) is 5.60. The molecule has 2 rings (SSSR count). The van der Waals surface area contributed by atoms with Crippen LogP contribution in [0.2, 0.25) is 0 Å². The van der Waals surface area contributed by atoms with Crippen LogP contribution in [0, 0.1) is 10.8 Å². The van der Waals surface area contributed by atoms with Crippen molar-refractivity contribution in [3.63, 3.8) is 0 Å². The fourth-order valence-electron chi connectivity index (χ4n) is 3.41. The Morgan fingerprint density at radius 1 is 1.22 bits per heavy atom. The lowest BCUT2D eigenvalue weighted by molar-refractivity contribution is -0.134. The van der Waals surface area contributed by atoms with E-state index in [0.717, 1.165) is 45.3 Å². The van der Waals surface area contributed by atoms with E-state index in [2.05, 4.69) is 24.5 Å². The topological polar surface area (TPSA) is 41.1 Å². The van der Waals surface area contributed by atoms with Gasteiger partial charge >= 0.3 is 0 Å². The van der Waals surface area contributed by atoms with E-state index >= 15 is 0 Å². The molecule has 18 heavy (non-hydrogen) atoms. The van der Waals surface area contributed by atoms with E-state index in [-0.39, 0.29) is 5.41 Å². The van der Waals surface area contributed by atoms with E-state index in [1.165, 1.54) is 19.3 Å². The summed E-state index contributed by atoms with van der Waals surface area (Å²) in [5, 5.41) is 6.62. The van der Waals surface area contributed by atoms with Gasteiger partial charge in [-0.3, -0.25) is 4.79 Å². The number of carbonyl (C=O) groups excluding carboxylic acids is 1. The second-order valence-electron chi connectivity index (χ2n) is 6.63. The lowest BCUT2D eigenvalue weighted by Crippen LogP contribution is -2.50. The first-order valence-corrected chi connectivity index (χ1v) is 7.59. The van der Waals surface area contributed by atoms with Gasteiger partial charge in [-0.25, -0.2) is 0 Å². The van der Waals surface area contributed by atoms with Crippen LogP contribution in [0.3, 0.4) is 0 Å². The summed E-state index contributed by atoms with van der Waals surface area (Å²) in [6, 6.07) is 0. The Labute approximate surface area is 111 Å². The van der Waals surface area contributed by atoms with E-state index in [9.17, 15) is 4.79 Å². The summed E-state index contributed by atoms with van der Waals surface area (Å²) in [7, 11) is 0. The van der Waals surface area contributed by atoms with E-state index in [4.69, 9.17) is 0 Å². The van der Waals surface area contributed by atoms with E-state index in [1.54, 1.807) is 0 Å². The molecular weight excluding hydrogens is 224 g/mol. The maximum Gasteiger partial charge on any atom is 0.226 e. The SMILES string of the molecule is CCCC1(C(=O)NCC2(C)CCC2)CCNCC1. The van der Waals surface area contributed by atoms with Crippen molar-refractivity contribution < 1.29 is 4.79 Å². The number of carbonyl (C=O) groups is 1. The molecule has 0 spiro atoms. The van der Waals surface area contributed by atoms with Gasteiger partial charge in [0.1, 0.15) is 0 Å². The molecule has 2 aliphatic rings. The van der Waals surface area contributed by atoms with Crippen LogP contribution in [-0.4, -0.2) is 25.5 Å².